The fourth-order valence-corrected chi connectivity index (χ4v) is 3.84. The summed E-state index contributed by atoms with van der Waals surface area (Å²) in [5.41, 5.74) is 0.923. The van der Waals surface area contributed by atoms with Crippen LogP contribution in [0.2, 0.25) is 0 Å². The fraction of sp³-hybridized carbons (Fsp3) is 0.458. The number of nitrogens with zero attached hydrogens (tertiary/aromatic N) is 2. The summed E-state index contributed by atoms with van der Waals surface area (Å²) in [5, 5.41) is 8.24. The first-order valence-electron chi connectivity index (χ1n) is 11.7. The molecule has 1 aromatic heterocycles. The van der Waals surface area contributed by atoms with E-state index in [-0.39, 0.29) is 37.5 Å². The lowest BCUT2D eigenvalue weighted by Gasteiger charge is -2.26. The summed E-state index contributed by atoms with van der Waals surface area (Å²) >= 11 is 0. The number of rotatable bonds is 5. The lowest BCUT2D eigenvalue weighted by Crippen LogP contribution is -2.53. The number of ether oxygens (including phenoxy) is 1. The summed E-state index contributed by atoms with van der Waals surface area (Å²) in [5.74, 6) is -1.03. The third-order valence-electron chi connectivity index (χ3n) is 6.08. The van der Waals surface area contributed by atoms with Crippen LogP contribution in [-0.2, 0) is 20.8 Å². The molecule has 1 saturated carbocycles. The number of carbonyl (C=O) groups is 4. The van der Waals surface area contributed by atoms with Crippen molar-refractivity contribution in [3.63, 3.8) is 0 Å². The predicted molar refractivity (Wildman–Crippen MR) is 125 cm³/mol. The summed E-state index contributed by atoms with van der Waals surface area (Å²) in [7, 11) is 1.62. The van der Waals surface area contributed by atoms with Crippen molar-refractivity contribution < 1.29 is 23.9 Å². The van der Waals surface area contributed by atoms with Gasteiger partial charge in [0.15, 0.2) is 0 Å². The first-order chi connectivity index (χ1) is 16.9. The Bertz CT molecular complexity index is 1070. The minimum Gasteiger partial charge on any atom is -0.491 e. The van der Waals surface area contributed by atoms with E-state index in [9.17, 15) is 19.2 Å². The molecule has 2 aromatic rings. The summed E-state index contributed by atoms with van der Waals surface area (Å²) in [4.78, 5) is 60.5. The predicted octanol–water partition coefficient (Wildman–Crippen LogP) is 0.00270. The number of fused-ring (bicyclic) bond motifs is 1. The average molecular weight is 483 g/mol. The number of amides is 4. The zero-order valence-corrected chi connectivity index (χ0v) is 19.6. The largest absolute Gasteiger partial charge is 0.491 e. The van der Waals surface area contributed by atoms with E-state index in [4.69, 9.17) is 4.74 Å². The second-order valence-electron chi connectivity index (χ2n) is 8.92. The number of hydrogen-bond donors (Lipinski definition) is 4. The number of hydrogen-bond acceptors (Lipinski definition) is 6. The normalized spacial score (nSPS) is 21.7. The van der Waals surface area contributed by atoms with Gasteiger partial charge in [-0.25, -0.2) is 4.98 Å². The van der Waals surface area contributed by atoms with Crippen LogP contribution in [-0.4, -0.2) is 77.3 Å². The number of aromatic nitrogens is 2. The van der Waals surface area contributed by atoms with Crippen LogP contribution < -0.4 is 20.7 Å². The number of benzene rings is 1. The van der Waals surface area contributed by atoms with Crippen molar-refractivity contribution in [2.75, 3.05) is 26.7 Å². The molecule has 11 heteroatoms. The molecule has 1 aliphatic heterocycles. The van der Waals surface area contributed by atoms with E-state index in [0.29, 0.717) is 23.9 Å². The van der Waals surface area contributed by atoms with Gasteiger partial charge in [-0.1, -0.05) is 12.1 Å². The van der Waals surface area contributed by atoms with Crippen molar-refractivity contribution in [3.05, 3.63) is 48.0 Å². The molecular formula is C24H30N6O5. The minimum absolute atomic E-state index is 0.141. The monoisotopic (exact) mass is 482 g/mol. The average Bonchev–Trinajstić information content (AvgIpc) is 3.54. The Morgan fingerprint density at radius 1 is 1.20 bits per heavy atom. The number of carbonyl (C=O) groups excluding carboxylic acids is 4. The third kappa shape index (κ3) is 6.58. The van der Waals surface area contributed by atoms with E-state index in [1.807, 2.05) is 0 Å². The topological polar surface area (TPSA) is 146 Å². The summed E-state index contributed by atoms with van der Waals surface area (Å²) in [6.45, 7) is 0.886. The van der Waals surface area contributed by atoms with Gasteiger partial charge >= 0.3 is 0 Å². The van der Waals surface area contributed by atoms with Crippen LogP contribution in [0.5, 0.6) is 5.75 Å². The third-order valence-corrected chi connectivity index (χ3v) is 6.08. The fourth-order valence-electron chi connectivity index (χ4n) is 3.84. The SMILES string of the molecule is CN1CCOc2ccccc2C(=O)N[C@H](C(=O)NCC2CC2)CC(=O)N[C@@H](Cc2cnc[nH]2)C1=O. The van der Waals surface area contributed by atoms with Gasteiger partial charge in [0, 0.05) is 31.9 Å². The van der Waals surface area contributed by atoms with Crippen LogP contribution in [0.3, 0.4) is 0 Å². The molecule has 186 valence electrons. The molecule has 4 amide bonds. The lowest BCUT2D eigenvalue weighted by molar-refractivity contribution is -0.136. The molecule has 4 N–H and O–H groups in total. The first-order valence-corrected chi connectivity index (χ1v) is 11.7. The number of para-hydroxylation sites is 1. The summed E-state index contributed by atoms with van der Waals surface area (Å²) in [6, 6.07) is 4.67. The van der Waals surface area contributed by atoms with Crippen molar-refractivity contribution in [1.82, 2.24) is 30.8 Å². The maximum atomic E-state index is 13.2. The molecule has 0 bridgehead atoms. The molecule has 0 unspecified atom stereocenters. The Morgan fingerprint density at radius 2 is 2.00 bits per heavy atom. The summed E-state index contributed by atoms with van der Waals surface area (Å²) < 4.78 is 5.81. The Kier molecular flexibility index (Phi) is 7.64. The van der Waals surface area contributed by atoms with Gasteiger partial charge in [-0.15, -0.1) is 0 Å². The Hall–Kier alpha value is -3.89. The highest BCUT2D eigenvalue weighted by atomic mass is 16.5. The molecule has 11 nitrogen and oxygen atoms in total. The van der Waals surface area contributed by atoms with Crippen LogP contribution >= 0.6 is 0 Å². The molecular weight excluding hydrogens is 452 g/mol. The van der Waals surface area contributed by atoms with Gasteiger partial charge in [0.25, 0.3) is 5.91 Å². The van der Waals surface area contributed by atoms with Crippen molar-refractivity contribution >= 4 is 23.6 Å². The molecule has 35 heavy (non-hydrogen) atoms. The number of likely N-dealkylation sites (N-methyl/N-ethyl adjacent to an activating group) is 1. The molecule has 1 aliphatic carbocycles. The number of aromatic amines is 1. The molecule has 0 spiro atoms. The van der Waals surface area contributed by atoms with Gasteiger partial charge in [-0.05, 0) is 30.9 Å². The standard InChI is InChI=1S/C24H30N6O5/c1-30-8-9-35-20-5-3-2-4-17(20)22(32)29-18(23(33)26-12-15-6-7-15)11-21(31)28-19(24(30)34)10-16-13-25-14-27-16/h2-5,13-15,18-19H,6-12H2,1H3,(H,25,27)(H,26,33)(H,28,31)(H,29,32)/t18-,19-/m0/s1. The van der Waals surface area contributed by atoms with Gasteiger partial charge in [-0.3, -0.25) is 19.2 Å². The Balaban J connectivity index is 1.58. The number of nitrogens with one attached hydrogen (secondary N) is 4. The highest BCUT2D eigenvalue weighted by Crippen LogP contribution is 2.27. The minimum atomic E-state index is -1.11. The lowest BCUT2D eigenvalue weighted by atomic mass is 10.1. The number of H-pyrrole nitrogens is 1. The van der Waals surface area contributed by atoms with E-state index in [1.165, 1.54) is 11.2 Å². The molecule has 1 fully saturated rings. The van der Waals surface area contributed by atoms with Gasteiger partial charge in [-0.2, -0.15) is 0 Å². The summed E-state index contributed by atoms with van der Waals surface area (Å²) in [6.07, 6.45) is 5.06. The quantitative estimate of drug-likeness (QED) is 0.472. The van der Waals surface area contributed by atoms with E-state index in [2.05, 4.69) is 25.9 Å². The maximum absolute atomic E-state index is 13.2. The Morgan fingerprint density at radius 3 is 2.74 bits per heavy atom. The van der Waals surface area contributed by atoms with Gasteiger partial charge in [0.2, 0.25) is 17.7 Å². The van der Waals surface area contributed by atoms with Crippen LogP contribution in [0, 0.1) is 5.92 Å². The molecule has 2 aliphatic rings. The first kappa shape index (κ1) is 24.2. The van der Waals surface area contributed by atoms with E-state index in [0.717, 1.165) is 12.8 Å². The second-order valence-corrected chi connectivity index (χ2v) is 8.92. The maximum Gasteiger partial charge on any atom is 0.255 e. The molecule has 0 radical (unpaired) electrons. The van der Waals surface area contributed by atoms with Crippen molar-refractivity contribution in [1.29, 1.82) is 0 Å². The van der Waals surface area contributed by atoms with Crippen molar-refractivity contribution in [2.45, 2.75) is 37.8 Å². The van der Waals surface area contributed by atoms with Crippen LogP contribution in [0.4, 0.5) is 0 Å². The zero-order chi connectivity index (χ0) is 24.8. The molecule has 2 atom stereocenters. The molecule has 4 rings (SSSR count). The Labute approximate surface area is 203 Å². The smallest absolute Gasteiger partial charge is 0.255 e. The highest BCUT2D eigenvalue weighted by molar-refractivity contribution is 6.01. The zero-order valence-electron chi connectivity index (χ0n) is 19.6. The van der Waals surface area contributed by atoms with E-state index >= 15 is 0 Å². The second kappa shape index (κ2) is 11.0. The molecule has 2 heterocycles. The highest BCUT2D eigenvalue weighted by Gasteiger charge is 2.31. The van der Waals surface area contributed by atoms with Gasteiger partial charge in [0.1, 0.15) is 24.4 Å². The van der Waals surface area contributed by atoms with Crippen LogP contribution in [0.15, 0.2) is 36.8 Å². The van der Waals surface area contributed by atoms with Crippen LogP contribution in [0.25, 0.3) is 0 Å². The van der Waals surface area contributed by atoms with Crippen molar-refractivity contribution in [3.8, 4) is 5.75 Å². The van der Waals surface area contributed by atoms with Gasteiger partial charge < -0.3 is 30.6 Å². The van der Waals surface area contributed by atoms with E-state index < -0.39 is 29.8 Å². The number of imidazole rings is 1. The van der Waals surface area contributed by atoms with E-state index in [1.54, 1.807) is 37.5 Å². The molecule has 1 aromatic carbocycles. The van der Waals surface area contributed by atoms with Crippen molar-refractivity contribution in [2.24, 2.45) is 5.92 Å². The van der Waals surface area contributed by atoms with Crippen LogP contribution in [0.1, 0.15) is 35.3 Å². The molecule has 0 saturated heterocycles. The van der Waals surface area contributed by atoms with Gasteiger partial charge in [0.05, 0.1) is 24.9 Å².